The van der Waals surface area contributed by atoms with E-state index in [2.05, 4.69) is 66.7 Å². The van der Waals surface area contributed by atoms with E-state index in [9.17, 15) is 21.6 Å². The molecule has 0 fully saturated rings. The molecule has 6 aromatic carbocycles. The maximum absolute atomic E-state index is 11.0. The van der Waals surface area contributed by atoms with Crippen molar-refractivity contribution >= 4 is 54.0 Å². The number of benzene rings is 6. The monoisotopic (exact) mass is 1510 g/mol. The maximum atomic E-state index is 11.0. The normalized spacial score (nSPS) is 12.0. The van der Waals surface area contributed by atoms with E-state index in [1.54, 1.807) is 36.4 Å². The number of para-hydroxylation sites is 1. The van der Waals surface area contributed by atoms with Crippen molar-refractivity contribution in [3.8, 4) is 57.2 Å². The van der Waals surface area contributed by atoms with Gasteiger partial charge < -0.3 is 36.3 Å². The summed E-state index contributed by atoms with van der Waals surface area (Å²) in [5.41, 5.74) is 5.90. The Balaban J connectivity index is 0.000000255. The molecule has 12 aromatic rings. The standard InChI is InChI=1S/C19H12N2O.C19H11N2O.2C12H10N.CHF3O4S.CH4O.CH3.2Ir/c2*1-12-7-8-21-17(9-12)16-4-2-3-15-14-6-5-13(11-20)10-18(14)22-19(15)16;2*1-10-7-8-12(13-9-10)11-5-3-2-4-6-11;2-1(3,4)9(6,7)8-5;1-2;;;/h2-10H,1H3;2-3,5-10H,1H3;2*2-5,7-9H,1H3;5H;2H,1H3;1H3;;/q;3*-1;;;-1;;/i2*1D3,7D;;;;;;;. The number of hydrogen-bond acceptors (Lipinski definition) is 13. The van der Waals surface area contributed by atoms with Crippen molar-refractivity contribution in [3.63, 3.8) is 0 Å². The number of pyridine rings is 4. The zero-order valence-corrected chi connectivity index (χ0v) is 50.2. The van der Waals surface area contributed by atoms with E-state index in [1.165, 1.54) is 35.7 Å². The van der Waals surface area contributed by atoms with Crippen LogP contribution in [0, 0.1) is 75.8 Å². The molecule has 0 saturated carbocycles. The zero-order valence-electron chi connectivity index (χ0n) is 52.6. The summed E-state index contributed by atoms with van der Waals surface area (Å²) in [5, 5.41) is 35.6. The van der Waals surface area contributed by atoms with E-state index >= 15 is 0 Å². The number of aliphatic hydroxyl groups excluding tert-OH is 1. The van der Waals surface area contributed by atoms with Crippen molar-refractivity contribution in [2.45, 2.75) is 33.1 Å². The van der Waals surface area contributed by atoms with Gasteiger partial charge in [-0.15, -0.1) is 94.3 Å². The van der Waals surface area contributed by atoms with Crippen LogP contribution in [0.25, 0.3) is 88.9 Å². The largest absolute Gasteiger partial charge is 0.525 e. The van der Waals surface area contributed by atoms with Crippen LogP contribution < -0.4 is 0 Å². The molecule has 0 atom stereocenters. The molecule has 12 rings (SSSR count). The molecule has 6 aromatic heterocycles. The van der Waals surface area contributed by atoms with Gasteiger partial charge in [-0.2, -0.15) is 32.1 Å². The molecule has 0 spiro atoms. The predicted octanol–water partition coefficient (Wildman–Crippen LogP) is 15.6. The minimum Gasteiger partial charge on any atom is -0.501 e. The van der Waals surface area contributed by atoms with Gasteiger partial charge in [-0.1, -0.05) is 65.0 Å². The molecular weight excluding hydrogens is 1450 g/mol. The van der Waals surface area contributed by atoms with E-state index < -0.39 is 29.3 Å². The summed E-state index contributed by atoms with van der Waals surface area (Å²) < 4.78 is 127. The van der Waals surface area contributed by atoms with Gasteiger partial charge in [0.25, 0.3) is 0 Å². The van der Waals surface area contributed by atoms with Crippen molar-refractivity contribution in [2.75, 3.05) is 7.11 Å². The van der Waals surface area contributed by atoms with Crippen LogP contribution in [0.15, 0.2) is 197 Å². The van der Waals surface area contributed by atoms with E-state index in [0.29, 0.717) is 56.0 Å². The predicted molar refractivity (Wildman–Crippen MR) is 311 cm³/mol. The van der Waals surface area contributed by atoms with E-state index in [1.807, 2.05) is 117 Å². The second-order valence-corrected chi connectivity index (χ2v) is 18.3. The third kappa shape index (κ3) is 17.2. The first-order valence-corrected chi connectivity index (χ1v) is 25.2. The van der Waals surface area contributed by atoms with Crippen molar-refractivity contribution < 1.29 is 96.3 Å². The molecule has 0 saturated heterocycles. The summed E-state index contributed by atoms with van der Waals surface area (Å²) in [6, 6.07) is 59.4. The molecule has 13 nitrogen and oxygen atoms in total. The number of hydrogen-bond donors (Lipinski definition) is 2. The second kappa shape index (κ2) is 31.7. The average molecular weight is 1510 g/mol. The number of fused-ring (bicyclic) bond motifs is 6. The summed E-state index contributed by atoms with van der Waals surface area (Å²) >= 11 is 0. The minimum absolute atomic E-state index is 0. The Morgan fingerprint density at radius 3 is 1.52 bits per heavy atom. The fraction of sp³-hybridized carbons (Fsp3) is 0.0923. The van der Waals surface area contributed by atoms with Gasteiger partial charge in [0.15, 0.2) is 0 Å². The number of aliphatic hydroxyl groups is 1. The van der Waals surface area contributed by atoms with Crippen LogP contribution in [-0.2, 0) is 54.7 Å². The van der Waals surface area contributed by atoms with Crippen LogP contribution in [0.5, 0.6) is 0 Å². The van der Waals surface area contributed by atoms with Gasteiger partial charge in [0.1, 0.15) is 16.7 Å². The molecule has 0 aliphatic heterocycles. The number of nitrogens with zero attached hydrogens (tertiary/aromatic N) is 6. The maximum Gasteiger partial charge on any atom is 0.525 e. The molecule has 2 radical (unpaired) electrons. The quantitative estimate of drug-likeness (QED) is 0.0712. The molecule has 432 valence electrons. The number of nitriles is 2. The van der Waals surface area contributed by atoms with Crippen LogP contribution in [0.1, 0.15) is 44.3 Å². The number of aromatic nitrogens is 4. The van der Waals surface area contributed by atoms with Gasteiger partial charge in [0.2, 0.25) is 0 Å². The summed E-state index contributed by atoms with van der Waals surface area (Å²) in [6.45, 7) is -0.729. The Bertz CT molecular complexity index is 4360. The first-order valence-electron chi connectivity index (χ1n) is 27.8. The first kappa shape index (κ1) is 55.9. The fourth-order valence-corrected chi connectivity index (χ4v) is 7.62. The Hall–Kier alpha value is -8.58. The molecule has 6 heterocycles. The van der Waals surface area contributed by atoms with Crippen LogP contribution in [0.2, 0.25) is 0 Å². The third-order valence-corrected chi connectivity index (χ3v) is 12.1. The zero-order chi connectivity index (χ0) is 64.8. The molecule has 19 heteroatoms. The third-order valence-electron chi connectivity index (χ3n) is 11.3. The molecule has 0 amide bonds. The van der Waals surface area contributed by atoms with Crippen molar-refractivity contribution in [1.29, 1.82) is 10.5 Å². The minimum atomic E-state index is -5.78. The van der Waals surface area contributed by atoms with Crippen LogP contribution in [0.4, 0.5) is 13.2 Å². The van der Waals surface area contributed by atoms with Crippen molar-refractivity contribution in [3.05, 3.63) is 248 Å². The summed E-state index contributed by atoms with van der Waals surface area (Å²) in [5.74, 6) is 0. The van der Waals surface area contributed by atoms with Crippen molar-refractivity contribution in [2.24, 2.45) is 0 Å². The molecule has 0 aliphatic rings. The van der Waals surface area contributed by atoms with Crippen LogP contribution in [0.3, 0.4) is 0 Å². The topological polar surface area (TPSA) is 209 Å². The SMILES string of the molecule is CO.Cc1ccc(-c2[c-]cccc2)nc1.Cc1ccc(-c2[c-]cccc2)nc1.O=S(=O)(OO)C(F)(F)F.[2H]c1cnc(-c2[c-]ccc3c2oc2cc(C#N)ccc23)cc1C([2H])([2H])[2H].[2H]c1cnc(-c2cccc3c2oc2cc(C#N)ccc23)cc1C([2H])([2H])[2H].[CH3-].[Ir].[Ir]. The number of furan rings is 2. The summed E-state index contributed by atoms with van der Waals surface area (Å²) in [6.07, 6.45) is 6.21. The average Bonchev–Trinajstić information content (AvgIpc) is 1.59. The van der Waals surface area contributed by atoms with E-state index in [4.69, 9.17) is 40.7 Å². The molecular formula is C65H51F3Ir2N6O7S-4. The summed E-state index contributed by atoms with van der Waals surface area (Å²) in [7, 11) is -4.78. The number of rotatable bonds is 5. The van der Waals surface area contributed by atoms with Gasteiger partial charge in [-0.05, 0) is 116 Å². The van der Waals surface area contributed by atoms with Crippen LogP contribution in [-0.4, -0.2) is 51.3 Å². The van der Waals surface area contributed by atoms with E-state index in [0.717, 1.165) is 51.2 Å². The smallest absolute Gasteiger partial charge is 0.501 e. The van der Waals surface area contributed by atoms with Crippen LogP contribution >= 0.6 is 0 Å². The molecule has 0 bridgehead atoms. The summed E-state index contributed by atoms with van der Waals surface area (Å²) in [4.78, 5) is 17.1. The van der Waals surface area contributed by atoms with Gasteiger partial charge in [-0.25, -0.2) is 5.26 Å². The van der Waals surface area contributed by atoms with Crippen molar-refractivity contribution in [1.82, 2.24) is 19.9 Å². The Labute approximate surface area is 522 Å². The number of alkyl halides is 3. The number of halogens is 3. The van der Waals surface area contributed by atoms with Gasteiger partial charge in [-0.3, -0.25) is 4.98 Å². The second-order valence-electron chi connectivity index (χ2n) is 16.8. The Kier molecular flexibility index (Phi) is 21.1. The van der Waals surface area contributed by atoms with Gasteiger partial charge in [0.05, 0.1) is 37.3 Å². The first-order chi connectivity index (χ1) is 42.3. The van der Waals surface area contributed by atoms with E-state index in [-0.39, 0.29) is 70.8 Å². The van der Waals surface area contributed by atoms with Gasteiger partial charge in [0, 0.05) is 102 Å². The Morgan fingerprint density at radius 2 is 1.08 bits per heavy atom. The van der Waals surface area contributed by atoms with Gasteiger partial charge >= 0.3 is 15.6 Å². The number of aryl methyl sites for hydroxylation is 4. The molecule has 0 aliphatic carbocycles. The molecule has 2 N–H and O–H groups in total. The molecule has 0 unspecified atom stereocenters. The fourth-order valence-electron chi connectivity index (χ4n) is 7.53. The molecule has 84 heavy (non-hydrogen) atoms. The Morgan fingerprint density at radius 1 is 0.583 bits per heavy atom.